The highest BCUT2D eigenvalue weighted by atomic mass is 16.3. The van der Waals surface area contributed by atoms with Gasteiger partial charge in [-0.3, -0.25) is 9.78 Å². The SMILES string of the molecule is CCC(=NNC(=O)C(C)Nc1ccc2cccnc2c1)c1ccc(O)c(C)c1O. The summed E-state index contributed by atoms with van der Waals surface area (Å²) in [5.41, 5.74) is 5.53. The number of pyridine rings is 1. The van der Waals surface area contributed by atoms with Gasteiger partial charge in [-0.05, 0) is 50.6 Å². The molecule has 1 aromatic heterocycles. The fourth-order valence-corrected chi connectivity index (χ4v) is 2.94. The number of hydrazone groups is 1. The minimum absolute atomic E-state index is 0.00781. The van der Waals surface area contributed by atoms with Gasteiger partial charge in [0.25, 0.3) is 5.91 Å². The van der Waals surface area contributed by atoms with Crippen molar-refractivity contribution in [1.29, 1.82) is 0 Å². The molecule has 0 fully saturated rings. The summed E-state index contributed by atoms with van der Waals surface area (Å²) >= 11 is 0. The Kier molecular flexibility index (Phi) is 5.97. The predicted molar refractivity (Wildman–Crippen MR) is 114 cm³/mol. The number of anilines is 1. The summed E-state index contributed by atoms with van der Waals surface area (Å²) in [6.45, 7) is 5.22. The summed E-state index contributed by atoms with van der Waals surface area (Å²) in [6.07, 6.45) is 2.22. The lowest BCUT2D eigenvalue weighted by Crippen LogP contribution is -2.35. The molecule has 150 valence electrons. The first kappa shape index (κ1) is 20.1. The molecule has 3 aromatic rings. The van der Waals surface area contributed by atoms with Crippen molar-refractivity contribution in [3.8, 4) is 11.5 Å². The van der Waals surface area contributed by atoms with E-state index in [0.717, 1.165) is 16.6 Å². The van der Waals surface area contributed by atoms with Gasteiger partial charge < -0.3 is 15.5 Å². The highest BCUT2D eigenvalue weighted by molar-refractivity contribution is 6.03. The zero-order valence-electron chi connectivity index (χ0n) is 16.6. The van der Waals surface area contributed by atoms with Gasteiger partial charge >= 0.3 is 0 Å². The first-order valence-electron chi connectivity index (χ1n) is 9.40. The molecule has 7 heteroatoms. The zero-order valence-corrected chi connectivity index (χ0v) is 16.6. The van der Waals surface area contributed by atoms with E-state index in [1.807, 2.05) is 37.3 Å². The van der Waals surface area contributed by atoms with E-state index in [1.165, 1.54) is 6.07 Å². The van der Waals surface area contributed by atoms with Crippen LogP contribution in [0.1, 0.15) is 31.4 Å². The Balaban J connectivity index is 1.71. The Morgan fingerprint density at radius 2 is 2.00 bits per heavy atom. The molecule has 0 aliphatic carbocycles. The largest absolute Gasteiger partial charge is 0.508 e. The van der Waals surface area contributed by atoms with Crippen molar-refractivity contribution >= 4 is 28.2 Å². The molecule has 0 saturated heterocycles. The molecular formula is C22H24N4O3. The maximum Gasteiger partial charge on any atom is 0.262 e. The minimum atomic E-state index is -0.534. The molecule has 0 bridgehead atoms. The number of nitrogens with one attached hydrogen (secondary N) is 2. The molecule has 7 nitrogen and oxygen atoms in total. The van der Waals surface area contributed by atoms with Gasteiger partial charge in [-0.25, -0.2) is 5.43 Å². The third-order valence-corrected chi connectivity index (χ3v) is 4.73. The molecular weight excluding hydrogens is 368 g/mol. The van der Waals surface area contributed by atoms with Crippen LogP contribution in [0.25, 0.3) is 10.9 Å². The second-order valence-corrected chi connectivity index (χ2v) is 6.77. The van der Waals surface area contributed by atoms with Crippen LogP contribution in [0.3, 0.4) is 0 Å². The average molecular weight is 392 g/mol. The van der Waals surface area contributed by atoms with Crippen molar-refractivity contribution in [1.82, 2.24) is 10.4 Å². The van der Waals surface area contributed by atoms with Crippen LogP contribution in [0.15, 0.2) is 53.8 Å². The number of rotatable bonds is 6. The Morgan fingerprint density at radius 1 is 1.21 bits per heavy atom. The van der Waals surface area contributed by atoms with E-state index in [2.05, 4.69) is 20.8 Å². The molecule has 1 amide bonds. The van der Waals surface area contributed by atoms with Crippen molar-refractivity contribution < 1.29 is 15.0 Å². The Morgan fingerprint density at radius 3 is 2.76 bits per heavy atom. The monoisotopic (exact) mass is 392 g/mol. The molecule has 2 aromatic carbocycles. The second kappa shape index (κ2) is 8.60. The summed E-state index contributed by atoms with van der Waals surface area (Å²) in [6, 6.07) is 12.1. The first-order chi connectivity index (χ1) is 13.9. The maximum absolute atomic E-state index is 12.5. The Hall–Kier alpha value is -3.61. The van der Waals surface area contributed by atoms with E-state index in [4.69, 9.17) is 0 Å². The first-order valence-corrected chi connectivity index (χ1v) is 9.40. The second-order valence-electron chi connectivity index (χ2n) is 6.77. The van der Waals surface area contributed by atoms with Crippen molar-refractivity contribution in [3.63, 3.8) is 0 Å². The number of carbonyl (C=O) groups is 1. The number of benzene rings is 2. The van der Waals surface area contributed by atoms with Crippen LogP contribution in [0.4, 0.5) is 5.69 Å². The van der Waals surface area contributed by atoms with Gasteiger partial charge in [-0.15, -0.1) is 0 Å². The summed E-state index contributed by atoms with van der Waals surface area (Å²) in [5, 5.41) is 28.3. The molecule has 0 spiro atoms. The number of phenols is 2. The van der Waals surface area contributed by atoms with Crippen molar-refractivity contribution in [2.45, 2.75) is 33.2 Å². The van der Waals surface area contributed by atoms with Crippen LogP contribution in [0.5, 0.6) is 11.5 Å². The molecule has 3 rings (SSSR count). The third-order valence-electron chi connectivity index (χ3n) is 4.73. The molecule has 1 atom stereocenters. The lowest BCUT2D eigenvalue weighted by molar-refractivity contribution is -0.121. The molecule has 0 saturated carbocycles. The van der Waals surface area contributed by atoms with Gasteiger partial charge in [-0.1, -0.05) is 19.1 Å². The van der Waals surface area contributed by atoms with E-state index in [9.17, 15) is 15.0 Å². The van der Waals surface area contributed by atoms with Crippen LogP contribution in [-0.4, -0.2) is 32.9 Å². The highest BCUT2D eigenvalue weighted by Gasteiger charge is 2.15. The summed E-state index contributed by atoms with van der Waals surface area (Å²) in [5.74, 6) is -0.352. The predicted octanol–water partition coefficient (Wildman–Crippen LogP) is 3.69. The number of phenolic OH excluding ortho intramolecular Hbond substituents is 2. The summed E-state index contributed by atoms with van der Waals surface area (Å²) in [7, 11) is 0. The van der Waals surface area contributed by atoms with Crippen LogP contribution in [-0.2, 0) is 4.79 Å². The van der Waals surface area contributed by atoms with Gasteiger partial charge in [-0.2, -0.15) is 5.10 Å². The lowest BCUT2D eigenvalue weighted by Gasteiger charge is -2.15. The number of nitrogens with zero attached hydrogens (tertiary/aromatic N) is 2. The van der Waals surface area contributed by atoms with Gasteiger partial charge in [0, 0.05) is 28.4 Å². The molecule has 1 unspecified atom stereocenters. The van der Waals surface area contributed by atoms with Gasteiger partial charge in [0.1, 0.15) is 17.5 Å². The number of amides is 1. The van der Waals surface area contributed by atoms with Crippen molar-refractivity contribution in [2.24, 2.45) is 5.10 Å². The minimum Gasteiger partial charge on any atom is -0.508 e. The van der Waals surface area contributed by atoms with Gasteiger partial charge in [0.15, 0.2) is 0 Å². The Bertz CT molecular complexity index is 1080. The fourth-order valence-electron chi connectivity index (χ4n) is 2.94. The third kappa shape index (κ3) is 4.45. The maximum atomic E-state index is 12.5. The lowest BCUT2D eigenvalue weighted by atomic mass is 10.0. The standard InChI is InChI=1S/C22H24N4O3/c1-4-18(17-9-10-20(27)13(2)21(17)28)25-26-22(29)14(3)24-16-8-7-15-6-5-11-23-19(15)12-16/h5-12,14,24,27-28H,4H2,1-3H3,(H,26,29). The number of carbonyl (C=O) groups excluding carboxylic acids is 1. The smallest absolute Gasteiger partial charge is 0.262 e. The van der Waals surface area contributed by atoms with E-state index in [0.29, 0.717) is 23.3 Å². The molecule has 4 N–H and O–H groups in total. The summed E-state index contributed by atoms with van der Waals surface area (Å²) < 4.78 is 0. The van der Waals surface area contributed by atoms with E-state index in [-0.39, 0.29) is 17.4 Å². The molecule has 1 heterocycles. The van der Waals surface area contributed by atoms with Crippen molar-refractivity contribution in [3.05, 3.63) is 59.8 Å². The quantitative estimate of drug-likeness (QED) is 0.378. The van der Waals surface area contributed by atoms with Gasteiger partial charge in [0.05, 0.1) is 11.2 Å². The molecule has 0 aliphatic rings. The highest BCUT2D eigenvalue weighted by Crippen LogP contribution is 2.30. The molecule has 0 radical (unpaired) electrons. The van der Waals surface area contributed by atoms with E-state index >= 15 is 0 Å². The number of aromatic hydroxyl groups is 2. The zero-order chi connectivity index (χ0) is 21.0. The molecule has 29 heavy (non-hydrogen) atoms. The Labute approximate surface area is 169 Å². The van der Waals surface area contributed by atoms with Crippen LogP contribution in [0.2, 0.25) is 0 Å². The normalized spacial score (nSPS) is 12.6. The number of hydrogen-bond donors (Lipinski definition) is 4. The molecule has 0 aliphatic heterocycles. The fraction of sp³-hybridized carbons (Fsp3) is 0.227. The average Bonchev–Trinajstić information content (AvgIpc) is 2.73. The number of fused-ring (bicyclic) bond motifs is 1. The van der Waals surface area contributed by atoms with Crippen LogP contribution in [0, 0.1) is 6.92 Å². The van der Waals surface area contributed by atoms with E-state index in [1.54, 1.807) is 26.1 Å². The number of aromatic nitrogens is 1. The van der Waals surface area contributed by atoms with Crippen LogP contribution < -0.4 is 10.7 Å². The van der Waals surface area contributed by atoms with Gasteiger partial charge in [0.2, 0.25) is 0 Å². The topological polar surface area (TPSA) is 107 Å². The van der Waals surface area contributed by atoms with Crippen molar-refractivity contribution in [2.75, 3.05) is 5.32 Å². The van der Waals surface area contributed by atoms with E-state index < -0.39 is 6.04 Å². The number of hydrogen-bond acceptors (Lipinski definition) is 6. The van der Waals surface area contributed by atoms with Crippen LogP contribution >= 0.6 is 0 Å². The summed E-state index contributed by atoms with van der Waals surface area (Å²) in [4.78, 5) is 16.8.